The van der Waals surface area contributed by atoms with Crippen molar-refractivity contribution in [3.8, 4) is 0 Å². The number of rotatable bonds is 5. The molecule has 0 aliphatic rings. The molecule has 2 heterocycles. The van der Waals surface area contributed by atoms with E-state index >= 15 is 0 Å². The van der Waals surface area contributed by atoms with Crippen LogP contribution in [0.1, 0.15) is 22.9 Å². The monoisotopic (exact) mass is 314 g/mol. The van der Waals surface area contributed by atoms with Crippen molar-refractivity contribution < 1.29 is 17.6 Å². The first kappa shape index (κ1) is 14.7. The predicted molar refractivity (Wildman–Crippen MR) is 73.9 cm³/mol. The average molecular weight is 314 g/mol. The van der Waals surface area contributed by atoms with Gasteiger partial charge in [-0.3, -0.25) is 4.79 Å². The van der Waals surface area contributed by atoms with Gasteiger partial charge < -0.3 is 4.42 Å². The number of nitrogens with one attached hydrogen (secondary N) is 1. The lowest BCUT2D eigenvalue weighted by Gasteiger charge is -2.04. The Balaban J connectivity index is 2.01. The van der Waals surface area contributed by atoms with E-state index in [1.807, 2.05) is 0 Å². The number of hydrogen-bond acceptors (Lipinski definition) is 6. The summed E-state index contributed by atoms with van der Waals surface area (Å²) in [5, 5.41) is 0.644. The molecule has 0 aromatic carbocycles. The minimum absolute atomic E-state index is 0.0452. The van der Waals surface area contributed by atoms with Crippen LogP contribution in [-0.4, -0.2) is 19.3 Å². The molecule has 2 aromatic rings. The summed E-state index contributed by atoms with van der Waals surface area (Å²) in [4.78, 5) is 15.7. The summed E-state index contributed by atoms with van der Waals surface area (Å²) in [5.41, 5.74) is 0.402. The van der Waals surface area contributed by atoms with Crippen LogP contribution in [-0.2, 0) is 21.2 Å². The first-order chi connectivity index (χ1) is 9.38. The summed E-state index contributed by atoms with van der Waals surface area (Å²) in [5.74, 6) is 0.0780. The average Bonchev–Trinajstić information content (AvgIpc) is 2.95. The largest absolute Gasteiger partial charge is 0.469 e. The van der Waals surface area contributed by atoms with E-state index in [9.17, 15) is 13.2 Å². The molecule has 0 radical (unpaired) electrons. The fourth-order valence-electron chi connectivity index (χ4n) is 1.70. The van der Waals surface area contributed by atoms with E-state index in [-0.39, 0.29) is 10.6 Å². The highest BCUT2D eigenvalue weighted by molar-refractivity contribution is 7.92. The Hall–Kier alpha value is -1.67. The Labute approximate surface area is 120 Å². The molecule has 1 amide bonds. The number of sulfonamides is 1. The number of furan rings is 1. The maximum absolute atomic E-state index is 12.1. The molecule has 108 valence electrons. The van der Waals surface area contributed by atoms with E-state index in [4.69, 9.17) is 4.42 Å². The summed E-state index contributed by atoms with van der Waals surface area (Å²) < 4.78 is 31.3. The quantitative estimate of drug-likeness (QED) is 0.909. The lowest BCUT2D eigenvalue weighted by molar-refractivity contribution is -0.119. The smallest absolute Gasteiger partial charge is 0.275 e. The van der Waals surface area contributed by atoms with Crippen molar-refractivity contribution in [2.75, 3.05) is 0 Å². The Morgan fingerprint density at radius 3 is 2.75 bits per heavy atom. The third-order valence-corrected chi connectivity index (χ3v) is 5.59. The van der Waals surface area contributed by atoms with Gasteiger partial charge in [0, 0.05) is 12.8 Å². The number of nitrogens with zero attached hydrogens (tertiary/aromatic N) is 1. The second-order valence-electron chi connectivity index (χ2n) is 4.21. The standard InChI is InChI=1S/C12H14N2O4S2/c1-8-12(19-9(2)13-8)20(16,17)14-11(15)6-5-10-4-3-7-18-10/h3-4,7H,5-6H2,1-2H3,(H,14,15). The van der Waals surface area contributed by atoms with Crippen molar-refractivity contribution in [3.63, 3.8) is 0 Å². The normalized spacial score (nSPS) is 11.5. The molecule has 0 saturated heterocycles. The molecule has 0 fully saturated rings. The van der Waals surface area contributed by atoms with Crippen LogP contribution in [0.4, 0.5) is 0 Å². The second-order valence-corrected chi connectivity index (χ2v) is 7.29. The molecule has 0 aliphatic carbocycles. The molecule has 0 spiro atoms. The van der Waals surface area contributed by atoms with Gasteiger partial charge in [-0.05, 0) is 26.0 Å². The molecule has 8 heteroatoms. The number of carbonyl (C=O) groups excluding carboxylic acids is 1. The highest BCUT2D eigenvalue weighted by atomic mass is 32.2. The molecule has 6 nitrogen and oxygen atoms in total. The van der Waals surface area contributed by atoms with Crippen LogP contribution in [0, 0.1) is 13.8 Å². The number of aryl methyl sites for hydroxylation is 3. The van der Waals surface area contributed by atoms with Crippen LogP contribution < -0.4 is 4.72 Å². The van der Waals surface area contributed by atoms with Gasteiger partial charge in [-0.2, -0.15) is 0 Å². The van der Waals surface area contributed by atoms with Crippen LogP contribution >= 0.6 is 11.3 Å². The van der Waals surface area contributed by atoms with Crippen molar-refractivity contribution in [2.24, 2.45) is 0 Å². The van der Waals surface area contributed by atoms with Gasteiger partial charge in [0.1, 0.15) is 5.76 Å². The van der Waals surface area contributed by atoms with Gasteiger partial charge in [-0.15, -0.1) is 11.3 Å². The van der Waals surface area contributed by atoms with Crippen LogP contribution in [0.3, 0.4) is 0 Å². The summed E-state index contributed by atoms with van der Waals surface area (Å²) in [7, 11) is -3.83. The molecular formula is C12H14N2O4S2. The fourth-order valence-corrected chi connectivity index (χ4v) is 4.20. The zero-order valence-electron chi connectivity index (χ0n) is 11.0. The zero-order valence-corrected chi connectivity index (χ0v) is 12.7. The summed E-state index contributed by atoms with van der Waals surface area (Å²) in [6.07, 6.45) is 1.91. The lowest BCUT2D eigenvalue weighted by Crippen LogP contribution is -2.30. The van der Waals surface area contributed by atoms with Crippen molar-refractivity contribution in [2.45, 2.75) is 30.9 Å². The number of carbonyl (C=O) groups is 1. The van der Waals surface area contributed by atoms with E-state index in [0.717, 1.165) is 11.3 Å². The molecule has 2 rings (SSSR count). The third kappa shape index (κ3) is 3.45. The Morgan fingerprint density at radius 1 is 1.45 bits per heavy atom. The second kappa shape index (κ2) is 5.76. The van der Waals surface area contributed by atoms with Crippen LogP contribution in [0.5, 0.6) is 0 Å². The number of hydrogen-bond donors (Lipinski definition) is 1. The molecule has 1 N–H and O–H groups in total. The van der Waals surface area contributed by atoms with Gasteiger partial charge in [-0.25, -0.2) is 18.1 Å². The van der Waals surface area contributed by atoms with Gasteiger partial charge in [-0.1, -0.05) is 0 Å². The van der Waals surface area contributed by atoms with E-state index in [2.05, 4.69) is 9.71 Å². The Kier molecular flexibility index (Phi) is 4.24. The van der Waals surface area contributed by atoms with E-state index in [1.54, 1.807) is 26.0 Å². The van der Waals surface area contributed by atoms with Crippen molar-refractivity contribution in [1.29, 1.82) is 0 Å². The molecule has 2 aromatic heterocycles. The van der Waals surface area contributed by atoms with Gasteiger partial charge in [0.2, 0.25) is 5.91 Å². The number of aromatic nitrogens is 1. The van der Waals surface area contributed by atoms with E-state index < -0.39 is 15.9 Å². The van der Waals surface area contributed by atoms with Gasteiger partial charge in [0.25, 0.3) is 10.0 Å². The lowest BCUT2D eigenvalue weighted by atomic mass is 10.2. The van der Waals surface area contributed by atoms with E-state index in [1.165, 1.54) is 6.26 Å². The minimum Gasteiger partial charge on any atom is -0.469 e. The third-order valence-electron chi connectivity index (χ3n) is 2.53. The Morgan fingerprint density at radius 2 is 2.20 bits per heavy atom. The summed E-state index contributed by atoms with van der Waals surface area (Å²) >= 11 is 1.05. The molecular weight excluding hydrogens is 300 g/mol. The summed E-state index contributed by atoms with van der Waals surface area (Å²) in [6.45, 7) is 3.32. The highest BCUT2D eigenvalue weighted by Crippen LogP contribution is 2.22. The molecule has 0 aliphatic heterocycles. The zero-order chi connectivity index (χ0) is 14.8. The maximum Gasteiger partial charge on any atom is 0.275 e. The highest BCUT2D eigenvalue weighted by Gasteiger charge is 2.23. The Bertz CT molecular complexity index is 702. The molecule has 20 heavy (non-hydrogen) atoms. The van der Waals surface area contributed by atoms with Crippen LogP contribution in [0.15, 0.2) is 27.0 Å². The summed E-state index contributed by atoms with van der Waals surface area (Å²) in [6, 6.07) is 3.45. The maximum atomic E-state index is 12.1. The number of amides is 1. The van der Waals surface area contributed by atoms with Crippen LogP contribution in [0.25, 0.3) is 0 Å². The van der Waals surface area contributed by atoms with Crippen molar-refractivity contribution in [1.82, 2.24) is 9.71 Å². The fraction of sp³-hybridized carbons (Fsp3) is 0.333. The SMILES string of the molecule is Cc1nc(C)c(S(=O)(=O)NC(=O)CCc2ccco2)s1. The van der Waals surface area contributed by atoms with Gasteiger partial charge in [0.15, 0.2) is 4.21 Å². The first-order valence-electron chi connectivity index (χ1n) is 5.90. The first-order valence-corrected chi connectivity index (χ1v) is 8.20. The molecule has 0 atom stereocenters. The van der Waals surface area contributed by atoms with Crippen LogP contribution in [0.2, 0.25) is 0 Å². The minimum atomic E-state index is -3.83. The van der Waals surface area contributed by atoms with Gasteiger partial charge in [0.05, 0.1) is 17.0 Å². The topological polar surface area (TPSA) is 89.3 Å². The number of thiazole rings is 1. The predicted octanol–water partition coefficient (Wildman–Crippen LogP) is 1.79. The van der Waals surface area contributed by atoms with Crippen molar-refractivity contribution >= 4 is 27.3 Å². The molecule has 0 bridgehead atoms. The molecule has 0 saturated carbocycles. The molecule has 0 unspecified atom stereocenters. The van der Waals surface area contributed by atoms with Gasteiger partial charge >= 0.3 is 0 Å². The van der Waals surface area contributed by atoms with Crippen molar-refractivity contribution in [3.05, 3.63) is 34.9 Å². The van der Waals surface area contributed by atoms with E-state index in [0.29, 0.717) is 22.9 Å².